The van der Waals surface area contributed by atoms with Gasteiger partial charge in [-0.25, -0.2) is 9.59 Å². The first-order valence-corrected chi connectivity index (χ1v) is 5.77. The minimum Gasteiger partial charge on any atom is -0.480 e. The number of nitrogens with one attached hydrogen (secondary N) is 1. The molecule has 0 radical (unpaired) electrons. The van der Waals surface area contributed by atoms with E-state index in [1.807, 2.05) is 0 Å². The number of hydrogen-bond acceptors (Lipinski definition) is 4. The molecule has 0 heterocycles. The maximum atomic E-state index is 11.8. The third kappa shape index (κ3) is 6.05. The highest BCUT2D eigenvalue weighted by molar-refractivity contribution is 5.86. The first-order valence-electron chi connectivity index (χ1n) is 5.77. The number of carboxylic acid groups (broad SMARTS) is 1. The van der Waals surface area contributed by atoms with Gasteiger partial charge in [-0.1, -0.05) is 0 Å². The van der Waals surface area contributed by atoms with Crippen molar-refractivity contribution in [1.82, 2.24) is 15.1 Å². The SMILES string of the molecule is COCCNC(=O)CN(C)C(=O)N(C)C(C)C(=O)O. The number of methoxy groups -OCH3 is 1. The van der Waals surface area contributed by atoms with Crippen LogP contribution in [0.1, 0.15) is 6.92 Å². The largest absolute Gasteiger partial charge is 0.480 e. The van der Waals surface area contributed by atoms with E-state index in [0.717, 1.165) is 9.80 Å². The lowest BCUT2D eigenvalue weighted by Crippen LogP contribution is -2.49. The topological polar surface area (TPSA) is 99.2 Å². The van der Waals surface area contributed by atoms with Crippen molar-refractivity contribution in [2.24, 2.45) is 0 Å². The maximum Gasteiger partial charge on any atom is 0.326 e. The molecule has 110 valence electrons. The Hall–Kier alpha value is -1.83. The van der Waals surface area contributed by atoms with E-state index in [2.05, 4.69) is 5.32 Å². The van der Waals surface area contributed by atoms with Crippen molar-refractivity contribution >= 4 is 17.9 Å². The predicted molar refractivity (Wildman–Crippen MR) is 67.8 cm³/mol. The number of nitrogens with zero attached hydrogens (tertiary/aromatic N) is 2. The Balaban J connectivity index is 4.26. The average Bonchev–Trinajstić information content (AvgIpc) is 2.36. The third-order valence-electron chi connectivity index (χ3n) is 2.58. The Morgan fingerprint density at radius 3 is 2.37 bits per heavy atom. The Morgan fingerprint density at radius 1 is 1.32 bits per heavy atom. The van der Waals surface area contributed by atoms with Crippen molar-refractivity contribution in [1.29, 1.82) is 0 Å². The Bertz CT molecular complexity index is 334. The van der Waals surface area contributed by atoms with Crippen LogP contribution >= 0.6 is 0 Å². The fourth-order valence-corrected chi connectivity index (χ4v) is 1.23. The predicted octanol–water partition coefficient (Wildman–Crippen LogP) is -0.794. The van der Waals surface area contributed by atoms with Gasteiger partial charge in [-0.3, -0.25) is 4.79 Å². The van der Waals surface area contributed by atoms with Crippen LogP contribution in [0.25, 0.3) is 0 Å². The van der Waals surface area contributed by atoms with E-state index in [0.29, 0.717) is 13.2 Å². The van der Waals surface area contributed by atoms with Gasteiger partial charge in [0.25, 0.3) is 0 Å². The second-order valence-corrected chi connectivity index (χ2v) is 4.11. The lowest BCUT2D eigenvalue weighted by atomic mass is 10.3. The molecule has 0 rings (SSSR count). The molecule has 19 heavy (non-hydrogen) atoms. The molecule has 1 unspecified atom stereocenters. The molecule has 0 aliphatic carbocycles. The lowest BCUT2D eigenvalue weighted by Gasteiger charge is -2.27. The Labute approximate surface area is 112 Å². The smallest absolute Gasteiger partial charge is 0.326 e. The molecule has 0 aromatic rings. The quantitative estimate of drug-likeness (QED) is 0.593. The van der Waals surface area contributed by atoms with Gasteiger partial charge in [0.05, 0.1) is 6.61 Å². The van der Waals surface area contributed by atoms with Crippen molar-refractivity contribution in [2.45, 2.75) is 13.0 Å². The van der Waals surface area contributed by atoms with Crippen LogP contribution in [0.2, 0.25) is 0 Å². The molecule has 3 amide bonds. The maximum absolute atomic E-state index is 11.8. The molecule has 8 nitrogen and oxygen atoms in total. The average molecular weight is 275 g/mol. The van der Waals surface area contributed by atoms with E-state index in [-0.39, 0.29) is 12.5 Å². The Kier molecular flexibility index (Phi) is 7.50. The molecule has 0 saturated carbocycles. The van der Waals surface area contributed by atoms with Crippen molar-refractivity contribution in [2.75, 3.05) is 40.9 Å². The van der Waals surface area contributed by atoms with Crippen LogP contribution < -0.4 is 5.32 Å². The molecule has 0 aliphatic rings. The molecule has 0 fully saturated rings. The van der Waals surface area contributed by atoms with Gasteiger partial charge in [0.1, 0.15) is 12.6 Å². The van der Waals surface area contributed by atoms with Crippen LogP contribution in [0, 0.1) is 0 Å². The van der Waals surface area contributed by atoms with Gasteiger partial charge in [-0.15, -0.1) is 0 Å². The number of likely N-dealkylation sites (N-methyl/N-ethyl adjacent to an activating group) is 2. The van der Waals surface area contributed by atoms with E-state index < -0.39 is 18.0 Å². The molecule has 0 aromatic heterocycles. The first-order chi connectivity index (χ1) is 8.81. The molecule has 0 aromatic carbocycles. The van der Waals surface area contributed by atoms with E-state index in [1.54, 1.807) is 0 Å². The molecule has 0 saturated heterocycles. The summed E-state index contributed by atoms with van der Waals surface area (Å²) in [6, 6.07) is -1.48. The summed E-state index contributed by atoms with van der Waals surface area (Å²) in [5.41, 5.74) is 0. The zero-order valence-corrected chi connectivity index (χ0v) is 11.7. The number of urea groups is 1. The molecule has 0 bridgehead atoms. The normalized spacial score (nSPS) is 11.6. The standard InChI is InChI=1S/C11H21N3O5/c1-8(10(16)17)14(3)11(18)13(2)7-9(15)12-5-6-19-4/h8H,5-7H2,1-4H3,(H,12,15)(H,16,17). The van der Waals surface area contributed by atoms with E-state index in [1.165, 1.54) is 28.1 Å². The van der Waals surface area contributed by atoms with Crippen LogP contribution in [0.3, 0.4) is 0 Å². The number of carbonyl (C=O) groups excluding carboxylic acids is 2. The van der Waals surface area contributed by atoms with E-state index in [9.17, 15) is 14.4 Å². The number of amides is 3. The van der Waals surface area contributed by atoms with Crippen LogP contribution in [-0.2, 0) is 14.3 Å². The monoisotopic (exact) mass is 275 g/mol. The number of hydrogen-bond donors (Lipinski definition) is 2. The minimum absolute atomic E-state index is 0.140. The minimum atomic E-state index is -1.10. The summed E-state index contributed by atoms with van der Waals surface area (Å²) in [6.45, 7) is 2.00. The molecule has 8 heteroatoms. The van der Waals surface area contributed by atoms with Gasteiger partial charge in [0.2, 0.25) is 5.91 Å². The van der Waals surface area contributed by atoms with Gasteiger partial charge >= 0.3 is 12.0 Å². The number of aliphatic carboxylic acids is 1. The summed E-state index contributed by atoms with van der Waals surface area (Å²) in [5.74, 6) is -1.43. The van der Waals surface area contributed by atoms with Gasteiger partial charge in [0, 0.05) is 27.7 Å². The molecule has 0 aliphatic heterocycles. The first kappa shape index (κ1) is 17.2. The van der Waals surface area contributed by atoms with Crippen LogP contribution in [0.4, 0.5) is 4.79 Å². The van der Waals surface area contributed by atoms with E-state index in [4.69, 9.17) is 9.84 Å². The van der Waals surface area contributed by atoms with Crippen LogP contribution in [0.15, 0.2) is 0 Å². The van der Waals surface area contributed by atoms with Crippen LogP contribution in [0.5, 0.6) is 0 Å². The molecule has 0 spiro atoms. The summed E-state index contributed by atoms with van der Waals surface area (Å²) in [5, 5.41) is 11.4. The summed E-state index contributed by atoms with van der Waals surface area (Å²) in [4.78, 5) is 36.3. The van der Waals surface area contributed by atoms with Crippen molar-refractivity contribution in [3.05, 3.63) is 0 Å². The highest BCUT2D eigenvalue weighted by Gasteiger charge is 2.24. The summed E-state index contributed by atoms with van der Waals surface area (Å²) in [6.07, 6.45) is 0. The van der Waals surface area contributed by atoms with Crippen molar-refractivity contribution in [3.63, 3.8) is 0 Å². The fourth-order valence-electron chi connectivity index (χ4n) is 1.23. The second-order valence-electron chi connectivity index (χ2n) is 4.11. The Morgan fingerprint density at radius 2 is 1.89 bits per heavy atom. The molecule has 2 N–H and O–H groups in total. The highest BCUT2D eigenvalue weighted by atomic mass is 16.5. The third-order valence-corrected chi connectivity index (χ3v) is 2.58. The molecular formula is C11H21N3O5. The fraction of sp³-hybridized carbons (Fsp3) is 0.727. The van der Waals surface area contributed by atoms with Crippen molar-refractivity contribution in [3.8, 4) is 0 Å². The van der Waals surface area contributed by atoms with Gasteiger partial charge in [-0.05, 0) is 6.92 Å². The number of carbonyl (C=O) groups is 3. The lowest BCUT2D eigenvalue weighted by molar-refractivity contribution is -0.141. The van der Waals surface area contributed by atoms with Crippen LogP contribution in [-0.4, -0.2) is 79.8 Å². The zero-order chi connectivity index (χ0) is 15.0. The van der Waals surface area contributed by atoms with E-state index >= 15 is 0 Å². The summed E-state index contributed by atoms with van der Waals surface area (Å²) < 4.78 is 4.77. The number of carboxylic acids is 1. The summed E-state index contributed by atoms with van der Waals surface area (Å²) >= 11 is 0. The van der Waals surface area contributed by atoms with Gasteiger partial charge in [0.15, 0.2) is 0 Å². The highest BCUT2D eigenvalue weighted by Crippen LogP contribution is 2.00. The van der Waals surface area contributed by atoms with Gasteiger partial charge < -0.3 is 25.0 Å². The zero-order valence-electron chi connectivity index (χ0n) is 11.7. The number of rotatable bonds is 7. The van der Waals surface area contributed by atoms with Crippen molar-refractivity contribution < 1.29 is 24.2 Å². The number of ether oxygens (including phenoxy) is 1. The molecule has 1 atom stereocenters. The van der Waals surface area contributed by atoms with Gasteiger partial charge in [-0.2, -0.15) is 0 Å². The molecular weight excluding hydrogens is 254 g/mol. The second kappa shape index (κ2) is 8.30. The summed E-state index contributed by atoms with van der Waals surface area (Å²) in [7, 11) is 4.33.